The molecule has 0 bridgehead atoms. The molecule has 1 atom stereocenters. The predicted octanol–water partition coefficient (Wildman–Crippen LogP) is 3.27. The zero-order valence-corrected chi connectivity index (χ0v) is 22.4. The van der Waals surface area contributed by atoms with Crippen molar-refractivity contribution >= 4 is 29.0 Å². The number of likely N-dealkylation sites (tertiary alicyclic amines) is 1. The minimum absolute atomic E-state index is 0.138. The first kappa shape index (κ1) is 26.1. The van der Waals surface area contributed by atoms with Gasteiger partial charge in [0.15, 0.2) is 5.65 Å². The number of anilines is 1. The van der Waals surface area contributed by atoms with Crippen LogP contribution in [0.1, 0.15) is 60.7 Å². The summed E-state index contributed by atoms with van der Waals surface area (Å²) in [6.07, 6.45) is 4.99. The fraction of sp³-hybridized carbons (Fsp3) is 0.444. The number of nitrogens with one attached hydrogen (secondary N) is 2. The number of nitrogen functional groups attached to an aromatic ring is 1. The molecule has 0 radical (unpaired) electrons. The third kappa shape index (κ3) is 4.52. The van der Waals surface area contributed by atoms with E-state index in [2.05, 4.69) is 42.1 Å². The maximum atomic E-state index is 12.9. The molecule has 10 heteroatoms. The Morgan fingerprint density at radius 2 is 2.05 bits per heavy atom. The van der Waals surface area contributed by atoms with Gasteiger partial charge in [0.1, 0.15) is 17.9 Å². The molecule has 196 valence electrons. The van der Waals surface area contributed by atoms with E-state index in [0.717, 1.165) is 40.6 Å². The number of carbonyl (C=O) groups excluding carboxylic acids is 1. The van der Waals surface area contributed by atoms with Gasteiger partial charge in [-0.15, -0.1) is 0 Å². The normalized spacial score (nSPS) is 15.0. The van der Waals surface area contributed by atoms with Crippen LogP contribution in [0.3, 0.4) is 0 Å². The van der Waals surface area contributed by atoms with Crippen molar-refractivity contribution in [2.24, 2.45) is 0 Å². The molecule has 1 fully saturated rings. The lowest BCUT2D eigenvalue weighted by atomic mass is 9.82. The predicted molar refractivity (Wildman–Crippen MR) is 145 cm³/mol. The van der Waals surface area contributed by atoms with Crippen LogP contribution in [0.2, 0.25) is 0 Å². The molecule has 3 aromatic rings. The second-order valence-corrected chi connectivity index (χ2v) is 9.38. The summed E-state index contributed by atoms with van der Waals surface area (Å²) in [5.41, 5.74) is 12.6. The Kier molecular flexibility index (Phi) is 7.47. The highest BCUT2D eigenvalue weighted by Crippen LogP contribution is 2.43. The quantitative estimate of drug-likeness (QED) is 0.301. The van der Waals surface area contributed by atoms with Crippen molar-refractivity contribution in [3.8, 4) is 5.75 Å². The SMILES string of the molecule is CCOc1c(C(C)n2nc(C)c3c(N)ncnc32)cc(CC)c(C)c1C1CN(C(=O)/C(C=N)=C/NC)C1. The summed E-state index contributed by atoms with van der Waals surface area (Å²) in [6.45, 7) is 11.9. The number of amides is 1. The van der Waals surface area contributed by atoms with Crippen molar-refractivity contribution in [1.82, 2.24) is 30.0 Å². The lowest BCUT2D eigenvalue weighted by Crippen LogP contribution is -2.49. The Hall–Kier alpha value is -3.95. The number of benzene rings is 1. The molecule has 2 aromatic heterocycles. The fourth-order valence-corrected chi connectivity index (χ4v) is 5.24. The van der Waals surface area contributed by atoms with E-state index in [1.807, 2.05) is 18.5 Å². The lowest BCUT2D eigenvalue weighted by molar-refractivity contribution is -0.130. The van der Waals surface area contributed by atoms with Crippen molar-refractivity contribution in [2.75, 3.05) is 32.5 Å². The average Bonchev–Trinajstić information content (AvgIpc) is 3.20. The molecule has 0 saturated carbocycles. The Balaban J connectivity index is 1.78. The third-order valence-corrected chi connectivity index (χ3v) is 7.18. The van der Waals surface area contributed by atoms with Crippen LogP contribution in [-0.2, 0) is 11.2 Å². The number of ether oxygens (including phenoxy) is 1. The molecule has 1 unspecified atom stereocenters. The van der Waals surface area contributed by atoms with E-state index < -0.39 is 0 Å². The van der Waals surface area contributed by atoms with E-state index in [1.54, 1.807) is 18.1 Å². The molecule has 1 amide bonds. The summed E-state index contributed by atoms with van der Waals surface area (Å²) >= 11 is 0. The number of nitrogens with two attached hydrogens (primary N) is 1. The summed E-state index contributed by atoms with van der Waals surface area (Å²) in [6, 6.07) is 2.05. The van der Waals surface area contributed by atoms with Crippen LogP contribution >= 0.6 is 0 Å². The number of hydrogen-bond donors (Lipinski definition) is 3. The molecule has 1 aliphatic rings. The highest BCUT2D eigenvalue weighted by molar-refractivity contribution is 6.11. The average molecular weight is 505 g/mol. The Morgan fingerprint density at radius 3 is 2.68 bits per heavy atom. The van der Waals surface area contributed by atoms with E-state index >= 15 is 0 Å². The van der Waals surface area contributed by atoms with Gasteiger partial charge in [0, 0.05) is 49.6 Å². The molecule has 37 heavy (non-hydrogen) atoms. The summed E-state index contributed by atoms with van der Waals surface area (Å²) < 4.78 is 8.23. The molecule has 1 saturated heterocycles. The second-order valence-electron chi connectivity index (χ2n) is 9.38. The first-order chi connectivity index (χ1) is 17.8. The van der Waals surface area contributed by atoms with Gasteiger partial charge in [-0.25, -0.2) is 14.6 Å². The highest BCUT2D eigenvalue weighted by Gasteiger charge is 2.37. The van der Waals surface area contributed by atoms with Crippen LogP contribution in [0.25, 0.3) is 11.0 Å². The van der Waals surface area contributed by atoms with Crippen LogP contribution in [0.4, 0.5) is 5.82 Å². The van der Waals surface area contributed by atoms with Gasteiger partial charge in [0.25, 0.3) is 5.91 Å². The van der Waals surface area contributed by atoms with E-state index in [9.17, 15) is 4.79 Å². The summed E-state index contributed by atoms with van der Waals surface area (Å²) in [5.74, 6) is 1.26. The number of carbonyl (C=O) groups is 1. The van der Waals surface area contributed by atoms with E-state index in [4.69, 9.17) is 21.0 Å². The van der Waals surface area contributed by atoms with Crippen LogP contribution in [0.5, 0.6) is 5.75 Å². The molecule has 1 aromatic carbocycles. The molecule has 0 spiro atoms. The van der Waals surface area contributed by atoms with Crippen LogP contribution < -0.4 is 15.8 Å². The Bertz CT molecular complexity index is 1370. The number of nitrogens with zero attached hydrogens (tertiary/aromatic N) is 5. The molecule has 4 N–H and O–H groups in total. The van der Waals surface area contributed by atoms with Gasteiger partial charge in [0.2, 0.25) is 0 Å². The number of aromatic nitrogens is 4. The second kappa shape index (κ2) is 10.6. The number of fused-ring (bicyclic) bond motifs is 1. The van der Waals surface area contributed by atoms with Gasteiger partial charge in [-0.1, -0.05) is 6.92 Å². The van der Waals surface area contributed by atoms with Gasteiger partial charge < -0.3 is 26.1 Å². The summed E-state index contributed by atoms with van der Waals surface area (Å²) in [5, 5.41) is 16.0. The monoisotopic (exact) mass is 504 g/mol. The zero-order valence-electron chi connectivity index (χ0n) is 22.4. The molecule has 1 aliphatic heterocycles. The van der Waals surface area contributed by atoms with Crippen molar-refractivity contribution < 1.29 is 9.53 Å². The van der Waals surface area contributed by atoms with Gasteiger partial charge >= 0.3 is 0 Å². The highest BCUT2D eigenvalue weighted by atomic mass is 16.5. The largest absolute Gasteiger partial charge is 0.493 e. The first-order valence-corrected chi connectivity index (χ1v) is 12.7. The van der Waals surface area contributed by atoms with Crippen molar-refractivity contribution in [2.45, 2.75) is 53.0 Å². The van der Waals surface area contributed by atoms with Gasteiger partial charge in [-0.2, -0.15) is 5.10 Å². The molecule has 0 aliphatic carbocycles. The lowest BCUT2D eigenvalue weighted by Gasteiger charge is -2.41. The topological polar surface area (TPSA) is 135 Å². The molecule has 4 rings (SSSR count). The minimum Gasteiger partial charge on any atom is -0.493 e. The maximum Gasteiger partial charge on any atom is 0.256 e. The Labute approximate surface area is 217 Å². The molecular weight excluding hydrogens is 468 g/mol. The smallest absolute Gasteiger partial charge is 0.256 e. The number of rotatable bonds is 9. The number of aryl methyl sites for hydroxylation is 2. The van der Waals surface area contributed by atoms with Crippen LogP contribution in [-0.4, -0.2) is 63.5 Å². The maximum absolute atomic E-state index is 12.9. The molecular formula is C27H36N8O2. The van der Waals surface area contributed by atoms with Gasteiger partial charge in [-0.05, 0) is 51.3 Å². The molecule has 10 nitrogen and oxygen atoms in total. The number of hydrogen-bond acceptors (Lipinski definition) is 8. The Morgan fingerprint density at radius 1 is 1.32 bits per heavy atom. The van der Waals surface area contributed by atoms with Crippen molar-refractivity contribution in [3.63, 3.8) is 0 Å². The van der Waals surface area contributed by atoms with E-state index in [-0.39, 0.29) is 17.9 Å². The van der Waals surface area contributed by atoms with Crippen molar-refractivity contribution in [1.29, 1.82) is 5.41 Å². The van der Waals surface area contributed by atoms with E-state index in [0.29, 0.717) is 36.7 Å². The standard InChI is InChI=1S/C27H36N8O2/c1-7-18-9-21(17(5)35-26-23(16(4)33-35)25(29)31-14-32-26)24(37-8-2)22(15(18)3)20-12-34(13-20)27(36)19(10-28)11-30-6/h9-11,14,17,20,28,30H,7-8,12-13H2,1-6H3,(H2,29,31,32)/b19-11+,28-10?. The van der Waals surface area contributed by atoms with Crippen LogP contribution in [0.15, 0.2) is 24.2 Å². The molecule has 3 heterocycles. The summed E-state index contributed by atoms with van der Waals surface area (Å²) in [7, 11) is 1.72. The fourth-order valence-electron chi connectivity index (χ4n) is 5.24. The van der Waals surface area contributed by atoms with Crippen LogP contribution in [0, 0.1) is 19.3 Å². The van der Waals surface area contributed by atoms with E-state index in [1.165, 1.54) is 17.5 Å². The summed E-state index contributed by atoms with van der Waals surface area (Å²) in [4.78, 5) is 23.3. The van der Waals surface area contributed by atoms with Gasteiger partial charge in [-0.3, -0.25) is 4.79 Å². The minimum atomic E-state index is -0.169. The van der Waals surface area contributed by atoms with Crippen molar-refractivity contribution in [3.05, 3.63) is 52.1 Å². The van der Waals surface area contributed by atoms with Gasteiger partial charge in [0.05, 0.1) is 29.3 Å². The first-order valence-electron chi connectivity index (χ1n) is 12.7. The third-order valence-electron chi connectivity index (χ3n) is 7.18. The zero-order chi connectivity index (χ0) is 26.9.